The Kier molecular flexibility index (Phi) is 7.31. The quantitative estimate of drug-likeness (QED) is 0.416. The van der Waals surface area contributed by atoms with Gasteiger partial charge in [-0.15, -0.1) is 0 Å². The van der Waals surface area contributed by atoms with Crippen LogP contribution in [0.5, 0.6) is 6.01 Å². The molecular weight excluding hydrogens is 388 g/mol. The first kappa shape index (κ1) is 21.4. The average Bonchev–Trinajstić information content (AvgIpc) is 3.13. The van der Waals surface area contributed by atoms with Crippen molar-refractivity contribution in [2.45, 2.75) is 72.1 Å². The minimum Gasteiger partial charge on any atom is -0.460 e. The second kappa shape index (κ2) is 9.92. The van der Waals surface area contributed by atoms with Gasteiger partial charge < -0.3 is 9.30 Å². The first-order valence-electron chi connectivity index (χ1n) is 10.4. The van der Waals surface area contributed by atoms with E-state index in [0.29, 0.717) is 28.7 Å². The van der Waals surface area contributed by atoms with Gasteiger partial charge in [-0.3, -0.25) is 9.36 Å². The summed E-state index contributed by atoms with van der Waals surface area (Å²) < 4.78 is 9.49. The molecule has 2 heterocycles. The molecule has 7 heteroatoms. The number of nitrogens with zero attached hydrogens (tertiary/aromatic N) is 4. The number of halogens is 1. The summed E-state index contributed by atoms with van der Waals surface area (Å²) in [6.07, 6.45) is 7.05. The van der Waals surface area contributed by atoms with E-state index in [1.807, 2.05) is 35.8 Å². The number of unbranched alkanes of at least 4 members (excludes halogenated alkanes) is 2. The molecule has 1 unspecified atom stereocenters. The number of rotatable bonds is 10. The van der Waals surface area contributed by atoms with Gasteiger partial charge in [0.1, 0.15) is 6.61 Å². The molecule has 1 aromatic carbocycles. The summed E-state index contributed by atoms with van der Waals surface area (Å²) in [5.41, 5.74) is 1.81. The van der Waals surface area contributed by atoms with Crippen molar-refractivity contribution in [3.05, 3.63) is 51.5 Å². The summed E-state index contributed by atoms with van der Waals surface area (Å²) in [6.45, 7) is 7.18. The van der Waals surface area contributed by atoms with Crippen LogP contribution in [-0.2, 0) is 13.2 Å². The third-order valence-electron chi connectivity index (χ3n) is 5.06. The Morgan fingerprint density at radius 2 is 2.03 bits per heavy atom. The number of imidazole rings is 1. The summed E-state index contributed by atoms with van der Waals surface area (Å²) in [6, 6.07) is 7.96. The van der Waals surface area contributed by atoms with E-state index < -0.39 is 0 Å². The first-order chi connectivity index (χ1) is 14.0. The molecule has 3 rings (SSSR count). The lowest BCUT2D eigenvalue weighted by Gasteiger charge is -2.16. The number of aromatic nitrogens is 4. The van der Waals surface area contributed by atoms with Crippen molar-refractivity contribution in [3.63, 3.8) is 0 Å². The minimum atomic E-state index is -0.0993. The van der Waals surface area contributed by atoms with E-state index in [2.05, 4.69) is 23.8 Å². The Morgan fingerprint density at radius 3 is 2.76 bits per heavy atom. The predicted molar refractivity (Wildman–Crippen MR) is 117 cm³/mol. The molecule has 0 amide bonds. The van der Waals surface area contributed by atoms with Crippen molar-refractivity contribution in [3.8, 4) is 6.01 Å². The van der Waals surface area contributed by atoms with Gasteiger partial charge in [0.2, 0.25) is 0 Å². The Hall–Kier alpha value is -2.34. The molecule has 3 aromatic rings. The van der Waals surface area contributed by atoms with E-state index >= 15 is 0 Å². The molecule has 0 saturated heterocycles. The molecule has 0 N–H and O–H groups in total. The van der Waals surface area contributed by atoms with Gasteiger partial charge in [-0.2, -0.15) is 4.98 Å². The number of hydrogen-bond acceptors (Lipinski definition) is 4. The highest BCUT2D eigenvalue weighted by molar-refractivity contribution is 6.30. The second-order valence-corrected chi connectivity index (χ2v) is 7.88. The normalized spacial score (nSPS) is 12.4. The van der Waals surface area contributed by atoms with Gasteiger partial charge in [0.05, 0.1) is 6.33 Å². The van der Waals surface area contributed by atoms with Crippen LogP contribution in [0.4, 0.5) is 0 Å². The highest BCUT2D eigenvalue weighted by Crippen LogP contribution is 2.21. The summed E-state index contributed by atoms with van der Waals surface area (Å²) in [5, 5.41) is 0.649. The molecule has 0 radical (unpaired) electrons. The fourth-order valence-corrected chi connectivity index (χ4v) is 3.69. The number of ether oxygens (including phenoxy) is 1. The van der Waals surface area contributed by atoms with Crippen LogP contribution in [0.1, 0.15) is 64.5 Å². The van der Waals surface area contributed by atoms with Crippen LogP contribution < -0.4 is 10.3 Å². The maximum atomic E-state index is 13.3. The number of hydrogen-bond donors (Lipinski definition) is 0. The highest BCUT2D eigenvalue weighted by Gasteiger charge is 2.19. The number of benzene rings is 1. The molecule has 0 bridgehead atoms. The molecule has 0 aliphatic carbocycles. The first-order valence-corrected chi connectivity index (χ1v) is 10.8. The van der Waals surface area contributed by atoms with Gasteiger partial charge in [-0.1, -0.05) is 56.8 Å². The summed E-state index contributed by atoms with van der Waals surface area (Å²) in [5.74, 6) is 0. The van der Waals surface area contributed by atoms with Crippen molar-refractivity contribution in [1.29, 1.82) is 0 Å². The smallest absolute Gasteiger partial charge is 0.301 e. The van der Waals surface area contributed by atoms with E-state index in [0.717, 1.165) is 24.8 Å². The van der Waals surface area contributed by atoms with E-state index in [9.17, 15) is 4.79 Å². The second-order valence-electron chi connectivity index (χ2n) is 7.44. The third-order valence-corrected chi connectivity index (χ3v) is 5.29. The van der Waals surface area contributed by atoms with Crippen LogP contribution >= 0.6 is 11.6 Å². The maximum Gasteiger partial charge on any atom is 0.301 e. The van der Waals surface area contributed by atoms with Crippen LogP contribution in [0.3, 0.4) is 0 Å². The molecular formula is C22H29ClN4O2. The Labute approximate surface area is 176 Å². The summed E-state index contributed by atoms with van der Waals surface area (Å²) in [4.78, 5) is 22.2. The lowest BCUT2D eigenvalue weighted by atomic mass is 10.1. The molecule has 0 fully saturated rings. The Bertz CT molecular complexity index is 1010. The molecule has 0 spiro atoms. The molecule has 6 nitrogen and oxygen atoms in total. The number of fused-ring (bicyclic) bond motifs is 1. The molecule has 156 valence electrons. The van der Waals surface area contributed by atoms with Crippen LogP contribution in [0, 0.1) is 0 Å². The van der Waals surface area contributed by atoms with Crippen LogP contribution in [0.2, 0.25) is 5.02 Å². The third kappa shape index (κ3) is 4.99. The van der Waals surface area contributed by atoms with Gasteiger partial charge >= 0.3 is 6.01 Å². The van der Waals surface area contributed by atoms with Crippen molar-refractivity contribution in [2.24, 2.45) is 0 Å². The standard InChI is InChI=1S/C22H29ClN4O2/c1-4-6-7-9-16(3)27-15-24-20-19(27)21(28)26(12-5-2)22(25-20)29-14-17-10-8-11-18(23)13-17/h8,10-11,13,15-16H,4-7,9,12,14H2,1-3H3. The van der Waals surface area contributed by atoms with Crippen LogP contribution in [0.15, 0.2) is 35.4 Å². The average molecular weight is 417 g/mol. The van der Waals surface area contributed by atoms with Crippen molar-refractivity contribution < 1.29 is 4.74 Å². The Morgan fingerprint density at radius 1 is 1.21 bits per heavy atom. The van der Waals surface area contributed by atoms with Gasteiger partial charge in [-0.05, 0) is 37.5 Å². The Balaban J connectivity index is 1.92. The highest BCUT2D eigenvalue weighted by atomic mass is 35.5. The largest absolute Gasteiger partial charge is 0.460 e. The van der Waals surface area contributed by atoms with Crippen LogP contribution in [0.25, 0.3) is 11.2 Å². The molecule has 0 aliphatic heterocycles. The van der Waals surface area contributed by atoms with Gasteiger partial charge in [-0.25, -0.2) is 4.98 Å². The zero-order chi connectivity index (χ0) is 20.8. The maximum absolute atomic E-state index is 13.3. The predicted octanol–water partition coefficient (Wildman–Crippen LogP) is 5.38. The lowest BCUT2D eigenvalue weighted by Crippen LogP contribution is -2.25. The van der Waals surface area contributed by atoms with Crippen molar-refractivity contribution >= 4 is 22.8 Å². The van der Waals surface area contributed by atoms with Gasteiger partial charge in [0.15, 0.2) is 11.2 Å². The fourth-order valence-electron chi connectivity index (χ4n) is 3.47. The summed E-state index contributed by atoms with van der Waals surface area (Å²) in [7, 11) is 0. The van der Waals surface area contributed by atoms with Crippen LogP contribution in [-0.4, -0.2) is 19.1 Å². The van der Waals surface area contributed by atoms with E-state index in [4.69, 9.17) is 16.3 Å². The monoisotopic (exact) mass is 416 g/mol. The molecule has 1 atom stereocenters. The molecule has 0 aliphatic rings. The molecule has 2 aromatic heterocycles. The van der Waals surface area contributed by atoms with Crippen molar-refractivity contribution in [2.75, 3.05) is 0 Å². The lowest BCUT2D eigenvalue weighted by molar-refractivity contribution is 0.261. The topological polar surface area (TPSA) is 61.9 Å². The molecule has 0 saturated carbocycles. The zero-order valence-electron chi connectivity index (χ0n) is 17.4. The minimum absolute atomic E-state index is 0.0993. The van der Waals surface area contributed by atoms with E-state index in [1.54, 1.807) is 10.9 Å². The van der Waals surface area contributed by atoms with E-state index in [1.165, 1.54) is 12.8 Å². The summed E-state index contributed by atoms with van der Waals surface area (Å²) >= 11 is 6.05. The zero-order valence-corrected chi connectivity index (χ0v) is 18.2. The van der Waals surface area contributed by atoms with Gasteiger partial charge in [0.25, 0.3) is 5.56 Å². The SMILES string of the molecule is CCCCCC(C)n1cnc2nc(OCc3cccc(Cl)c3)n(CCC)c(=O)c21. The van der Waals surface area contributed by atoms with E-state index in [-0.39, 0.29) is 18.2 Å². The fraction of sp³-hybridized carbons (Fsp3) is 0.500. The van der Waals surface area contributed by atoms with Gasteiger partial charge in [0, 0.05) is 17.6 Å². The van der Waals surface area contributed by atoms with Crippen molar-refractivity contribution in [1.82, 2.24) is 19.1 Å². The molecule has 29 heavy (non-hydrogen) atoms.